The number of hydrogen-bond donors (Lipinski definition) is 0. The highest BCUT2D eigenvalue weighted by molar-refractivity contribution is 5.61. The van der Waals surface area contributed by atoms with Crippen molar-refractivity contribution in [3.8, 4) is 0 Å². The minimum Gasteiger partial charge on any atom is -0.0985 e. The molecule has 0 saturated heterocycles. The summed E-state index contributed by atoms with van der Waals surface area (Å²) in [6.07, 6.45) is 8.52. The third kappa shape index (κ3) is 2.85. The van der Waals surface area contributed by atoms with E-state index in [2.05, 4.69) is 39.1 Å². The Hall–Kier alpha value is -1.30. The molecule has 0 aliphatic rings. The number of rotatable bonds is 6. The molecular formula is C16H22. The Labute approximate surface area is 99.7 Å². The largest absolute Gasteiger partial charge is 0.0985 e. The molecule has 0 aromatic heterocycles. The molecule has 0 spiro atoms. The number of hydrogen-bond acceptors (Lipinski definition) is 0. The summed E-state index contributed by atoms with van der Waals surface area (Å²) in [4.78, 5) is 0. The third-order valence-corrected chi connectivity index (χ3v) is 2.88. The van der Waals surface area contributed by atoms with Crippen LogP contribution in [0, 0.1) is 0 Å². The quantitative estimate of drug-likeness (QED) is 0.633. The lowest BCUT2D eigenvalue weighted by Crippen LogP contribution is -1.96. The van der Waals surface area contributed by atoms with Crippen molar-refractivity contribution >= 4 is 12.2 Å². The van der Waals surface area contributed by atoms with Crippen molar-refractivity contribution in [2.24, 2.45) is 0 Å². The summed E-state index contributed by atoms with van der Waals surface area (Å²) in [5, 5.41) is 0. The molecule has 0 nitrogen and oxygen atoms in total. The summed E-state index contributed by atoms with van der Waals surface area (Å²) in [6.45, 7) is 12.2. The summed E-state index contributed by atoms with van der Waals surface area (Å²) < 4.78 is 0. The van der Waals surface area contributed by atoms with E-state index in [1.54, 1.807) is 0 Å². The Morgan fingerprint density at radius 2 is 1.25 bits per heavy atom. The number of aryl methyl sites for hydroxylation is 2. The lowest BCUT2D eigenvalue weighted by molar-refractivity contribution is 0.899. The fourth-order valence-corrected chi connectivity index (χ4v) is 2.08. The van der Waals surface area contributed by atoms with Crippen LogP contribution < -0.4 is 0 Å². The molecular weight excluding hydrogens is 192 g/mol. The van der Waals surface area contributed by atoms with Gasteiger partial charge in [0.15, 0.2) is 0 Å². The Morgan fingerprint density at radius 1 is 0.875 bits per heavy atom. The van der Waals surface area contributed by atoms with Crippen molar-refractivity contribution < 1.29 is 0 Å². The molecule has 0 bridgehead atoms. The van der Waals surface area contributed by atoms with Crippen LogP contribution in [0.25, 0.3) is 12.2 Å². The molecule has 0 aliphatic carbocycles. The molecule has 0 heteroatoms. The van der Waals surface area contributed by atoms with Gasteiger partial charge in [-0.25, -0.2) is 0 Å². The Bertz CT molecular complexity index is 334. The van der Waals surface area contributed by atoms with Crippen LogP contribution in [0.3, 0.4) is 0 Å². The highest BCUT2D eigenvalue weighted by atomic mass is 14.1. The third-order valence-electron chi connectivity index (χ3n) is 2.88. The van der Waals surface area contributed by atoms with Crippen LogP contribution >= 0.6 is 0 Å². The molecule has 0 radical (unpaired) electrons. The average molecular weight is 214 g/mol. The lowest BCUT2D eigenvalue weighted by Gasteiger charge is -2.12. The molecule has 0 aliphatic heterocycles. The molecule has 86 valence electrons. The Morgan fingerprint density at radius 3 is 1.50 bits per heavy atom. The van der Waals surface area contributed by atoms with Gasteiger partial charge in [-0.3, -0.25) is 0 Å². The standard InChI is InChI=1S/C16H22/c1-5-9-15-11-14(8-4)16(10-6-2)12-13(15)7-3/h7-8,11-12H,3-6,9-10H2,1-2H3. The van der Waals surface area contributed by atoms with Gasteiger partial charge in [0.25, 0.3) is 0 Å². The van der Waals surface area contributed by atoms with Gasteiger partial charge in [-0.15, -0.1) is 0 Å². The van der Waals surface area contributed by atoms with Gasteiger partial charge in [-0.2, -0.15) is 0 Å². The van der Waals surface area contributed by atoms with Gasteiger partial charge in [-0.1, -0.05) is 64.1 Å². The zero-order valence-corrected chi connectivity index (χ0v) is 10.6. The van der Waals surface area contributed by atoms with Gasteiger partial charge in [0.2, 0.25) is 0 Å². The maximum absolute atomic E-state index is 3.90. The van der Waals surface area contributed by atoms with E-state index < -0.39 is 0 Å². The molecule has 1 rings (SSSR count). The van der Waals surface area contributed by atoms with E-state index in [4.69, 9.17) is 0 Å². The van der Waals surface area contributed by atoms with Crippen LogP contribution in [0.5, 0.6) is 0 Å². The van der Waals surface area contributed by atoms with E-state index in [1.807, 2.05) is 12.2 Å². The van der Waals surface area contributed by atoms with E-state index >= 15 is 0 Å². The molecule has 0 atom stereocenters. The first-order chi connectivity index (χ1) is 7.76. The summed E-state index contributed by atoms with van der Waals surface area (Å²) in [6, 6.07) is 4.55. The smallest absolute Gasteiger partial charge is 0.0227 e. The van der Waals surface area contributed by atoms with Crippen molar-refractivity contribution in [2.75, 3.05) is 0 Å². The molecule has 1 aromatic rings. The predicted molar refractivity (Wildman–Crippen MR) is 74.6 cm³/mol. The second-order valence-electron chi connectivity index (χ2n) is 4.16. The summed E-state index contributed by atoms with van der Waals surface area (Å²) in [5.41, 5.74) is 5.37. The molecule has 0 unspecified atom stereocenters. The van der Waals surface area contributed by atoms with Crippen LogP contribution in [0.4, 0.5) is 0 Å². The van der Waals surface area contributed by atoms with Gasteiger partial charge in [0.05, 0.1) is 0 Å². The summed E-state index contributed by atoms with van der Waals surface area (Å²) >= 11 is 0. The van der Waals surface area contributed by atoms with Gasteiger partial charge >= 0.3 is 0 Å². The van der Waals surface area contributed by atoms with Crippen LogP contribution in [-0.2, 0) is 12.8 Å². The first-order valence-corrected chi connectivity index (χ1v) is 6.17. The van der Waals surface area contributed by atoms with Crippen molar-refractivity contribution in [3.63, 3.8) is 0 Å². The van der Waals surface area contributed by atoms with Gasteiger partial charge in [0.1, 0.15) is 0 Å². The first kappa shape index (κ1) is 12.8. The Balaban J connectivity index is 3.21. The second kappa shape index (κ2) is 6.32. The minimum atomic E-state index is 1.12. The highest BCUT2D eigenvalue weighted by Gasteiger charge is 2.05. The molecule has 0 fully saturated rings. The fourth-order valence-electron chi connectivity index (χ4n) is 2.08. The van der Waals surface area contributed by atoms with E-state index in [0.717, 1.165) is 12.8 Å². The van der Waals surface area contributed by atoms with E-state index in [9.17, 15) is 0 Å². The van der Waals surface area contributed by atoms with E-state index in [0.29, 0.717) is 0 Å². The molecule has 0 N–H and O–H groups in total. The Kier molecular flexibility index (Phi) is 5.04. The molecule has 0 saturated carbocycles. The maximum Gasteiger partial charge on any atom is -0.0227 e. The van der Waals surface area contributed by atoms with Crippen LogP contribution in [0.1, 0.15) is 48.9 Å². The minimum absolute atomic E-state index is 1.12. The van der Waals surface area contributed by atoms with Crippen LogP contribution in [0.2, 0.25) is 0 Å². The van der Waals surface area contributed by atoms with Crippen molar-refractivity contribution in [2.45, 2.75) is 39.5 Å². The van der Waals surface area contributed by atoms with Crippen molar-refractivity contribution in [3.05, 3.63) is 47.5 Å². The zero-order valence-electron chi connectivity index (χ0n) is 10.6. The number of benzene rings is 1. The monoisotopic (exact) mass is 214 g/mol. The van der Waals surface area contributed by atoms with E-state index in [-0.39, 0.29) is 0 Å². The SMILES string of the molecule is C=Cc1cc(CCC)c(C=C)cc1CCC. The average Bonchev–Trinajstić information content (AvgIpc) is 2.31. The second-order valence-corrected chi connectivity index (χ2v) is 4.16. The van der Waals surface area contributed by atoms with E-state index in [1.165, 1.54) is 35.1 Å². The molecule has 1 aromatic carbocycles. The van der Waals surface area contributed by atoms with Crippen LogP contribution in [-0.4, -0.2) is 0 Å². The van der Waals surface area contributed by atoms with Crippen molar-refractivity contribution in [1.29, 1.82) is 0 Å². The van der Waals surface area contributed by atoms with Gasteiger partial charge in [-0.05, 0) is 35.1 Å². The van der Waals surface area contributed by atoms with Gasteiger partial charge < -0.3 is 0 Å². The van der Waals surface area contributed by atoms with Crippen LogP contribution in [0.15, 0.2) is 25.3 Å². The van der Waals surface area contributed by atoms with Gasteiger partial charge in [0, 0.05) is 0 Å². The molecule has 0 amide bonds. The topological polar surface area (TPSA) is 0 Å². The highest BCUT2D eigenvalue weighted by Crippen LogP contribution is 2.22. The first-order valence-electron chi connectivity index (χ1n) is 6.17. The molecule has 16 heavy (non-hydrogen) atoms. The summed E-state index contributed by atoms with van der Waals surface area (Å²) in [7, 11) is 0. The van der Waals surface area contributed by atoms with Crippen molar-refractivity contribution in [1.82, 2.24) is 0 Å². The maximum atomic E-state index is 3.90. The molecule has 0 heterocycles. The predicted octanol–water partition coefficient (Wildman–Crippen LogP) is 4.88. The lowest BCUT2D eigenvalue weighted by atomic mass is 9.93. The zero-order chi connectivity index (χ0) is 12.0. The normalized spacial score (nSPS) is 10.1. The summed E-state index contributed by atoms with van der Waals surface area (Å²) in [5.74, 6) is 0. The fraction of sp³-hybridized carbons (Fsp3) is 0.375.